The van der Waals surface area contributed by atoms with Crippen molar-refractivity contribution in [2.75, 3.05) is 0 Å². The quantitative estimate of drug-likeness (QED) is 0.592. The van der Waals surface area contributed by atoms with Crippen molar-refractivity contribution in [3.8, 4) is 0 Å². The van der Waals surface area contributed by atoms with E-state index in [9.17, 15) is 0 Å². The minimum atomic E-state index is 0.497. The first kappa shape index (κ1) is 13.1. The molecule has 0 bridgehead atoms. The SMILES string of the molecule is CCCC1(CC(C)(C)C)C(C)CC1CC. The molecule has 0 amide bonds. The summed E-state index contributed by atoms with van der Waals surface area (Å²) in [5.74, 6) is 1.97. The van der Waals surface area contributed by atoms with Crippen LogP contribution in [0.5, 0.6) is 0 Å². The molecular weight excluding hydrogens is 180 g/mol. The average Bonchev–Trinajstić information content (AvgIpc) is 2.11. The zero-order chi connectivity index (χ0) is 11.7. The summed E-state index contributed by atoms with van der Waals surface area (Å²) in [7, 11) is 0. The minimum absolute atomic E-state index is 0.497. The molecule has 0 aliphatic heterocycles. The van der Waals surface area contributed by atoms with Crippen LogP contribution in [0, 0.1) is 22.7 Å². The summed E-state index contributed by atoms with van der Waals surface area (Å²) in [6.45, 7) is 14.4. The Morgan fingerprint density at radius 1 is 1.20 bits per heavy atom. The monoisotopic (exact) mass is 210 g/mol. The number of rotatable bonds is 4. The molecule has 1 fully saturated rings. The van der Waals surface area contributed by atoms with Crippen LogP contribution >= 0.6 is 0 Å². The maximum Gasteiger partial charge on any atom is -0.0239 e. The van der Waals surface area contributed by atoms with Gasteiger partial charge >= 0.3 is 0 Å². The van der Waals surface area contributed by atoms with Gasteiger partial charge in [0.1, 0.15) is 0 Å². The second-order valence-corrected chi connectivity index (χ2v) is 6.96. The van der Waals surface area contributed by atoms with E-state index < -0.39 is 0 Å². The fourth-order valence-electron chi connectivity index (χ4n) is 4.02. The Labute approximate surface area is 96.8 Å². The predicted octanol–water partition coefficient (Wildman–Crippen LogP) is 5.28. The van der Waals surface area contributed by atoms with Gasteiger partial charge in [-0.05, 0) is 41.9 Å². The molecule has 0 aromatic carbocycles. The first-order valence-corrected chi connectivity index (χ1v) is 6.85. The second-order valence-electron chi connectivity index (χ2n) is 6.96. The summed E-state index contributed by atoms with van der Waals surface area (Å²) in [6, 6.07) is 0. The standard InChI is InChI=1S/C15H30/c1-7-9-15(11-14(4,5)6)12(3)10-13(15)8-2/h12-13H,7-11H2,1-6H3. The molecule has 15 heavy (non-hydrogen) atoms. The molecule has 0 spiro atoms. The third-order valence-electron chi connectivity index (χ3n) is 4.50. The molecule has 3 unspecified atom stereocenters. The number of hydrogen-bond donors (Lipinski definition) is 0. The topological polar surface area (TPSA) is 0 Å². The first-order valence-electron chi connectivity index (χ1n) is 6.85. The third kappa shape index (κ3) is 2.57. The van der Waals surface area contributed by atoms with Crippen molar-refractivity contribution >= 4 is 0 Å². The van der Waals surface area contributed by atoms with Gasteiger partial charge in [-0.3, -0.25) is 0 Å². The highest BCUT2D eigenvalue weighted by Crippen LogP contribution is 2.60. The van der Waals surface area contributed by atoms with Crippen LogP contribution in [-0.2, 0) is 0 Å². The summed E-state index contributed by atoms with van der Waals surface area (Å²) in [5, 5.41) is 0. The van der Waals surface area contributed by atoms with Gasteiger partial charge in [0.05, 0.1) is 0 Å². The van der Waals surface area contributed by atoms with E-state index in [1.165, 1.54) is 32.1 Å². The zero-order valence-corrected chi connectivity index (χ0v) is 11.7. The first-order chi connectivity index (χ1) is 6.85. The summed E-state index contributed by atoms with van der Waals surface area (Å²) in [6.07, 6.45) is 7.10. The Morgan fingerprint density at radius 3 is 2.13 bits per heavy atom. The lowest BCUT2D eigenvalue weighted by molar-refractivity contribution is -0.0836. The Balaban J connectivity index is 2.77. The molecule has 90 valence electrons. The molecule has 3 atom stereocenters. The van der Waals surface area contributed by atoms with E-state index in [2.05, 4.69) is 41.5 Å². The van der Waals surface area contributed by atoms with Crippen molar-refractivity contribution in [1.82, 2.24) is 0 Å². The summed E-state index contributed by atoms with van der Waals surface area (Å²) < 4.78 is 0. The van der Waals surface area contributed by atoms with Gasteiger partial charge in [-0.15, -0.1) is 0 Å². The Kier molecular flexibility index (Phi) is 3.90. The molecular formula is C15H30. The van der Waals surface area contributed by atoms with Gasteiger partial charge in [-0.25, -0.2) is 0 Å². The average molecular weight is 210 g/mol. The molecule has 1 saturated carbocycles. The molecule has 0 aromatic rings. The molecule has 0 nitrogen and oxygen atoms in total. The molecule has 0 aromatic heterocycles. The second kappa shape index (κ2) is 4.47. The van der Waals surface area contributed by atoms with Gasteiger partial charge in [0.2, 0.25) is 0 Å². The Bertz CT molecular complexity index is 199. The number of hydrogen-bond acceptors (Lipinski definition) is 0. The van der Waals surface area contributed by atoms with Crippen LogP contribution in [0.25, 0.3) is 0 Å². The third-order valence-corrected chi connectivity index (χ3v) is 4.50. The fourth-order valence-corrected chi connectivity index (χ4v) is 4.02. The van der Waals surface area contributed by atoms with E-state index >= 15 is 0 Å². The maximum atomic E-state index is 2.48. The van der Waals surface area contributed by atoms with Crippen molar-refractivity contribution in [2.24, 2.45) is 22.7 Å². The van der Waals surface area contributed by atoms with Gasteiger partial charge in [0.15, 0.2) is 0 Å². The van der Waals surface area contributed by atoms with Crippen LogP contribution in [0.2, 0.25) is 0 Å². The van der Waals surface area contributed by atoms with E-state index in [-0.39, 0.29) is 0 Å². The summed E-state index contributed by atoms with van der Waals surface area (Å²) in [4.78, 5) is 0. The van der Waals surface area contributed by atoms with E-state index in [1.54, 1.807) is 0 Å². The summed E-state index contributed by atoms with van der Waals surface area (Å²) >= 11 is 0. The lowest BCUT2D eigenvalue weighted by atomic mass is 9.47. The van der Waals surface area contributed by atoms with Crippen molar-refractivity contribution < 1.29 is 0 Å². The van der Waals surface area contributed by atoms with Crippen LogP contribution in [-0.4, -0.2) is 0 Å². The van der Waals surface area contributed by atoms with E-state index in [0.29, 0.717) is 10.8 Å². The maximum absolute atomic E-state index is 2.48. The lowest BCUT2D eigenvalue weighted by Gasteiger charge is -2.58. The van der Waals surface area contributed by atoms with Gasteiger partial charge in [0.25, 0.3) is 0 Å². The molecule has 0 radical (unpaired) electrons. The molecule has 0 heteroatoms. The van der Waals surface area contributed by atoms with Crippen LogP contribution in [0.15, 0.2) is 0 Å². The summed E-state index contributed by atoms with van der Waals surface area (Å²) in [5.41, 5.74) is 1.18. The smallest absolute Gasteiger partial charge is 0.0239 e. The lowest BCUT2D eigenvalue weighted by Crippen LogP contribution is -2.49. The molecule has 1 rings (SSSR count). The molecule has 0 saturated heterocycles. The molecule has 1 aliphatic rings. The van der Waals surface area contributed by atoms with Gasteiger partial charge in [-0.2, -0.15) is 0 Å². The molecule has 0 heterocycles. The van der Waals surface area contributed by atoms with Crippen molar-refractivity contribution in [3.63, 3.8) is 0 Å². The highest BCUT2D eigenvalue weighted by Gasteiger charge is 2.51. The van der Waals surface area contributed by atoms with E-state index in [1.807, 2.05) is 0 Å². The minimum Gasteiger partial charge on any atom is -0.0654 e. The molecule has 1 aliphatic carbocycles. The largest absolute Gasteiger partial charge is 0.0654 e. The van der Waals surface area contributed by atoms with Gasteiger partial charge in [0, 0.05) is 0 Å². The van der Waals surface area contributed by atoms with Crippen LogP contribution < -0.4 is 0 Å². The van der Waals surface area contributed by atoms with Crippen molar-refractivity contribution in [1.29, 1.82) is 0 Å². The van der Waals surface area contributed by atoms with E-state index in [4.69, 9.17) is 0 Å². The van der Waals surface area contributed by atoms with E-state index in [0.717, 1.165) is 11.8 Å². The zero-order valence-electron chi connectivity index (χ0n) is 11.7. The van der Waals surface area contributed by atoms with Crippen LogP contribution in [0.1, 0.15) is 73.6 Å². The van der Waals surface area contributed by atoms with Crippen LogP contribution in [0.3, 0.4) is 0 Å². The Morgan fingerprint density at radius 2 is 1.80 bits per heavy atom. The van der Waals surface area contributed by atoms with Gasteiger partial charge < -0.3 is 0 Å². The van der Waals surface area contributed by atoms with Crippen LogP contribution in [0.4, 0.5) is 0 Å². The molecule has 0 N–H and O–H groups in total. The van der Waals surface area contributed by atoms with Gasteiger partial charge in [-0.1, -0.05) is 54.4 Å². The highest BCUT2D eigenvalue weighted by molar-refractivity contribution is 5.01. The predicted molar refractivity (Wildman–Crippen MR) is 69.0 cm³/mol. The normalized spacial score (nSPS) is 36.4. The van der Waals surface area contributed by atoms with Crippen molar-refractivity contribution in [3.05, 3.63) is 0 Å². The fraction of sp³-hybridized carbons (Fsp3) is 1.00. The highest BCUT2D eigenvalue weighted by atomic mass is 14.6. The Hall–Kier alpha value is 0. The van der Waals surface area contributed by atoms with Crippen molar-refractivity contribution in [2.45, 2.75) is 73.6 Å².